The van der Waals surface area contributed by atoms with Crippen LogP contribution in [0.4, 0.5) is 0 Å². The van der Waals surface area contributed by atoms with E-state index in [1.54, 1.807) is 0 Å². The second-order valence-corrected chi connectivity index (χ2v) is 6.02. The van der Waals surface area contributed by atoms with E-state index >= 15 is 0 Å². The van der Waals surface area contributed by atoms with Crippen molar-refractivity contribution in [3.05, 3.63) is 34.9 Å². The summed E-state index contributed by atoms with van der Waals surface area (Å²) in [5, 5.41) is 0. The molecule has 0 aliphatic carbocycles. The van der Waals surface area contributed by atoms with E-state index in [1.807, 2.05) is 6.07 Å². The Morgan fingerprint density at radius 1 is 1.21 bits per heavy atom. The molecule has 0 aliphatic rings. The number of carbonyl (C=O) groups is 1. The molecule has 0 aromatic heterocycles. The highest BCUT2D eigenvalue weighted by Crippen LogP contribution is 2.19. The van der Waals surface area contributed by atoms with Gasteiger partial charge in [-0.3, -0.25) is 4.79 Å². The zero-order chi connectivity index (χ0) is 14.4. The van der Waals surface area contributed by atoms with E-state index in [9.17, 15) is 4.79 Å². The van der Waals surface area contributed by atoms with Gasteiger partial charge in [0.1, 0.15) is 5.78 Å². The first-order valence-corrected chi connectivity index (χ1v) is 7.20. The number of aryl methyl sites for hydroxylation is 2. The minimum Gasteiger partial charge on any atom is -0.330 e. The second kappa shape index (κ2) is 7.44. The van der Waals surface area contributed by atoms with Gasteiger partial charge in [-0.05, 0) is 55.3 Å². The van der Waals surface area contributed by atoms with Gasteiger partial charge in [0, 0.05) is 12.8 Å². The van der Waals surface area contributed by atoms with Gasteiger partial charge in [-0.25, -0.2) is 0 Å². The Bertz CT molecular complexity index is 403. The van der Waals surface area contributed by atoms with Crippen molar-refractivity contribution in [2.45, 2.75) is 47.0 Å². The number of ketones is 1. The fraction of sp³-hybridized carbons (Fsp3) is 0.588. The van der Waals surface area contributed by atoms with Gasteiger partial charge in [-0.1, -0.05) is 32.0 Å². The van der Waals surface area contributed by atoms with E-state index < -0.39 is 0 Å². The summed E-state index contributed by atoms with van der Waals surface area (Å²) in [7, 11) is 0. The average Bonchev–Trinajstić information content (AvgIpc) is 2.32. The summed E-state index contributed by atoms with van der Waals surface area (Å²) in [5.74, 6) is 1.24. The Morgan fingerprint density at radius 3 is 2.26 bits per heavy atom. The number of nitrogens with two attached hydrogens (primary N) is 1. The number of rotatable bonds is 7. The first kappa shape index (κ1) is 15.9. The van der Waals surface area contributed by atoms with Crippen molar-refractivity contribution in [2.75, 3.05) is 6.54 Å². The summed E-state index contributed by atoms with van der Waals surface area (Å²) in [6.07, 6.45) is 2.20. The van der Waals surface area contributed by atoms with Gasteiger partial charge in [-0.15, -0.1) is 0 Å². The summed E-state index contributed by atoms with van der Waals surface area (Å²) in [6, 6.07) is 6.19. The largest absolute Gasteiger partial charge is 0.330 e. The fourth-order valence-electron chi connectivity index (χ4n) is 2.65. The third kappa shape index (κ3) is 5.15. The zero-order valence-electron chi connectivity index (χ0n) is 12.7. The molecular formula is C17H27NO. The molecule has 1 rings (SSSR count). The molecule has 2 nitrogen and oxygen atoms in total. The number of benzene rings is 1. The van der Waals surface area contributed by atoms with Crippen LogP contribution >= 0.6 is 0 Å². The Labute approximate surface area is 117 Å². The molecule has 1 atom stereocenters. The number of hydrogen-bond donors (Lipinski definition) is 1. The van der Waals surface area contributed by atoms with Gasteiger partial charge in [-0.2, -0.15) is 0 Å². The molecule has 1 unspecified atom stereocenters. The Hall–Kier alpha value is -1.15. The smallest absolute Gasteiger partial charge is 0.137 e. The van der Waals surface area contributed by atoms with Crippen molar-refractivity contribution in [2.24, 2.45) is 17.6 Å². The van der Waals surface area contributed by atoms with E-state index in [4.69, 9.17) is 5.73 Å². The molecule has 0 fully saturated rings. The predicted molar refractivity (Wildman–Crippen MR) is 81.2 cm³/mol. The van der Waals surface area contributed by atoms with E-state index in [0.717, 1.165) is 6.42 Å². The van der Waals surface area contributed by atoms with Crippen LogP contribution in [0, 0.1) is 25.7 Å². The standard InChI is InChI=1S/C17H27NO/c1-12(2)8-15(11-18)9-16(19)10-17-13(3)6-5-7-14(17)4/h5-7,12,15H,8-11,18H2,1-4H3. The molecule has 2 heteroatoms. The van der Waals surface area contributed by atoms with Crippen molar-refractivity contribution in [3.63, 3.8) is 0 Å². The lowest BCUT2D eigenvalue weighted by molar-refractivity contribution is -0.119. The number of hydrogen-bond acceptors (Lipinski definition) is 2. The van der Waals surface area contributed by atoms with Crippen molar-refractivity contribution in [3.8, 4) is 0 Å². The van der Waals surface area contributed by atoms with Crippen LogP contribution in [0.5, 0.6) is 0 Å². The number of carbonyl (C=O) groups excluding carboxylic acids is 1. The highest BCUT2D eigenvalue weighted by atomic mass is 16.1. The van der Waals surface area contributed by atoms with Crippen LogP contribution in [0.1, 0.15) is 43.4 Å². The maximum absolute atomic E-state index is 12.2. The second-order valence-electron chi connectivity index (χ2n) is 6.02. The summed E-state index contributed by atoms with van der Waals surface area (Å²) in [6.45, 7) is 9.11. The van der Waals surface area contributed by atoms with Crippen LogP contribution in [-0.4, -0.2) is 12.3 Å². The van der Waals surface area contributed by atoms with Gasteiger partial charge in [0.15, 0.2) is 0 Å². The van der Waals surface area contributed by atoms with E-state index in [1.165, 1.54) is 16.7 Å². The lowest BCUT2D eigenvalue weighted by Crippen LogP contribution is -2.21. The topological polar surface area (TPSA) is 43.1 Å². The normalized spacial score (nSPS) is 12.7. The predicted octanol–water partition coefficient (Wildman–Crippen LogP) is 3.43. The monoisotopic (exact) mass is 261 g/mol. The molecule has 0 saturated carbocycles. The first-order valence-electron chi connectivity index (χ1n) is 7.20. The Kier molecular flexibility index (Phi) is 6.23. The summed E-state index contributed by atoms with van der Waals surface area (Å²) in [5.41, 5.74) is 9.38. The molecule has 0 aliphatic heterocycles. The summed E-state index contributed by atoms with van der Waals surface area (Å²) in [4.78, 5) is 12.2. The highest BCUT2D eigenvalue weighted by Gasteiger charge is 2.15. The molecule has 1 aromatic rings. The molecule has 0 heterocycles. The number of Topliss-reactive ketones (excluding diaryl/α,β-unsaturated/α-hetero) is 1. The maximum Gasteiger partial charge on any atom is 0.137 e. The maximum atomic E-state index is 12.2. The fourth-order valence-corrected chi connectivity index (χ4v) is 2.65. The van der Waals surface area contributed by atoms with Crippen molar-refractivity contribution >= 4 is 5.78 Å². The van der Waals surface area contributed by atoms with Crippen molar-refractivity contribution in [1.29, 1.82) is 0 Å². The third-order valence-electron chi connectivity index (χ3n) is 3.67. The van der Waals surface area contributed by atoms with Gasteiger partial charge < -0.3 is 5.73 Å². The molecule has 0 bridgehead atoms. The molecule has 0 radical (unpaired) electrons. The van der Waals surface area contributed by atoms with Gasteiger partial charge in [0.25, 0.3) is 0 Å². The minimum absolute atomic E-state index is 0.313. The van der Waals surface area contributed by atoms with Crippen LogP contribution < -0.4 is 5.73 Å². The van der Waals surface area contributed by atoms with Gasteiger partial charge in [0.2, 0.25) is 0 Å². The average molecular weight is 261 g/mol. The lowest BCUT2D eigenvalue weighted by atomic mass is 9.89. The van der Waals surface area contributed by atoms with Crippen LogP contribution in [0.25, 0.3) is 0 Å². The molecule has 19 heavy (non-hydrogen) atoms. The third-order valence-corrected chi connectivity index (χ3v) is 3.67. The zero-order valence-corrected chi connectivity index (χ0v) is 12.7. The van der Waals surface area contributed by atoms with E-state index in [2.05, 4.69) is 39.8 Å². The van der Waals surface area contributed by atoms with Crippen molar-refractivity contribution in [1.82, 2.24) is 0 Å². The van der Waals surface area contributed by atoms with Crippen LogP contribution in [0.3, 0.4) is 0 Å². The Balaban J connectivity index is 2.64. The van der Waals surface area contributed by atoms with Crippen LogP contribution in [0.2, 0.25) is 0 Å². The molecule has 0 amide bonds. The molecular weight excluding hydrogens is 234 g/mol. The van der Waals surface area contributed by atoms with Crippen LogP contribution in [0.15, 0.2) is 18.2 Å². The molecule has 2 N–H and O–H groups in total. The minimum atomic E-state index is 0.313. The van der Waals surface area contributed by atoms with E-state index in [0.29, 0.717) is 37.0 Å². The molecule has 106 valence electrons. The highest BCUT2D eigenvalue weighted by molar-refractivity contribution is 5.81. The SMILES string of the molecule is Cc1cccc(C)c1CC(=O)CC(CN)CC(C)C. The van der Waals surface area contributed by atoms with Gasteiger partial charge in [0.05, 0.1) is 0 Å². The molecule has 1 aromatic carbocycles. The quantitative estimate of drug-likeness (QED) is 0.817. The molecule has 0 saturated heterocycles. The summed E-state index contributed by atoms with van der Waals surface area (Å²) < 4.78 is 0. The first-order chi connectivity index (χ1) is 8.93. The van der Waals surface area contributed by atoms with Gasteiger partial charge >= 0.3 is 0 Å². The van der Waals surface area contributed by atoms with Crippen molar-refractivity contribution < 1.29 is 4.79 Å². The van der Waals surface area contributed by atoms with Crippen LogP contribution in [-0.2, 0) is 11.2 Å². The summed E-state index contributed by atoms with van der Waals surface area (Å²) >= 11 is 0. The Morgan fingerprint density at radius 2 is 1.79 bits per heavy atom. The lowest BCUT2D eigenvalue weighted by Gasteiger charge is -2.17. The van der Waals surface area contributed by atoms with E-state index in [-0.39, 0.29) is 0 Å². The molecule has 0 spiro atoms.